The molecule has 28 heavy (non-hydrogen) atoms. The van der Waals surface area contributed by atoms with Crippen molar-refractivity contribution in [3.63, 3.8) is 0 Å². The number of anilines is 1. The summed E-state index contributed by atoms with van der Waals surface area (Å²) >= 11 is 0. The van der Waals surface area contributed by atoms with Gasteiger partial charge in [-0.15, -0.1) is 0 Å². The maximum atomic E-state index is 7.03. The molecule has 0 fully saturated rings. The van der Waals surface area contributed by atoms with E-state index in [0.717, 1.165) is 41.6 Å². The highest BCUT2D eigenvalue weighted by atomic mass is 16.5. The number of fused-ring (bicyclic) bond motifs is 4. The van der Waals surface area contributed by atoms with Crippen LogP contribution in [0.2, 0.25) is 0 Å². The number of likely N-dealkylation sites (N-methyl/N-ethyl adjacent to an activating group) is 1. The van der Waals surface area contributed by atoms with Crippen molar-refractivity contribution in [2.75, 3.05) is 11.4 Å². The highest BCUT2D eigenvalue weighted by molar-refractivity contribution is 5.97. The molecule has 4 nitrogen and oxygen atoms in total. The van der Waals surface area contributed by atoms with Crippen LogP contribution in [0.15, 0.2) is 59.9 Å². The number of pyridine rings is 1. The van der Waals surface area contributed by atoms with Gasteiger partial charge in [0.15, 0.2) is 5.75 Å². The van der Waals surface area contributed by atoms with Crippen molar-refractivity contribution < 1.29 is 4.74 Å². The Hall–Kier alpha value is -2.88. The van der Waals surface area contributed by atoms with Gasteiger partial charge in [0, 0.05) is 35.4 Å². The van der Waals surface area contributed by atoms with Crippen molar-refractivity contribution in [1.29, 1.82) is 0 Å². The summed E-state index contributed by atoms with van der Waals surface area (Å²) in [7, 11) is 0. The first-order valence-corrected chi connectivity index (χ1v) is 10.2. The zero-order valence-corrected chi connectivity index (χ0v) is 16.6. The van der Waals surface area contributed by atoms with Gasteiger partial charge in [-0.1, -0.05) is 38.1 Å². The Morgan fingerprint density at radius 2 is 1.82 bits per heavy atom. The third kappa shape index (κ3) is 1.95. The van der Waals surface area contributed by atoms with E-state index in [1.807, 2.05) is 24.5 Å². The molecule has 1 aromatic heterocycles. The maximum absolute atomic E-state index is 7.03. The molecule has 3 aromatic rings. The molecule has 0 N–H and O–H groups in total. The third-order valence-corrected chi connectivity index (χ3v) is 6.71. The zero-order valence-electron chi connectivity index (χ0n) is 16.6. The lowest BCUT2D eigenvalue weighted by Gasteiger charge is -2.48. The summed E-state index contributed by atoms with van der Waals surface area (Å²) in [6.07, 6.45) is 7.72. The minimum Gasteiger partial charge on any atom is -0.459 e. The van der Waals surface area contributed by atoms with E-state index in [1.54, 1.807) is 0 Å². The molecule has 1 atom stereocenters. The van der Waals surface area contributed by atoms with Gasteiger partial charge in [0.2, 0.25) is 5.72 Å². The van der Waals surface area contributed by atoms with Gasteiger partial charge in [0.05, 0.1) is 11.6 Å². The lowest BCUT2D eigenvalue weighted by Crippen LogP contribution is -2.63. The number of aromatic nitrogens is 1. The zero-order chi connectivity index (χ0) is 19.4. The molecule has 3 heterocycles. The normalized spacial score (nSPS) is 21.6. The molecule has 0 bridgehead atoms. The SMILES string of the molecule is CCN1c2ccccc2C(CC)(CC)C12C=Nc1ccc3cnccc3c1O2. The summed E-state index contributed by atoms with van der Waals surface area (Å²) in [4.78, 5) is 11.6. The fourth-order valence-electron chi connectivity index (χ4n) is 5.31. The first kappa shape index (κ1) is 17.2. The van der Waals surface area contributed by atoms with Gasteiger partial charge >= 0.3 is 0 Å². The Morgan fingerprint density at radius 3 is 2.61 bits per heavy atom. The van der Waals surface area contributed by atoms with E-state index in [2.05, 4.69) is 67.2 Å². The fraction of sp³-hybridized carbons (Fsp3) is 0.333. The summed E-state index contributed by atoms with van der Waals surface area (Å²) < 4.78 is 7.03. The number of hydrogen-bond donors (Lipinski definition) is 0. The molecule has 2 aliphatic heterocycles. The van der Waals surface area contributed by atoms with Crippen molar-refractivity contribution in [2.45, 2.75) is 44.8 Å². The maximum Gasteiger partial charge on any atom is 0.229 e. The Kier molecular flexibility index (Phi) is 3.73. The molecule has 5 rings (SSSR count). The van der Waals surface area contributed by atoms with Gasteiger partial charge < -0.3 is 9.64 Å². The van der Waals surface area contributed by atoms with Gasteiger partial charge in [-0.25, -0.2) is 0 Å². The van der Waals surface area contributed by atoms with E-state index in [0.29, 0.717) is 0 Å². The topological polar surface area (TPSA) is 37.7 Å². The number of benzene rings is 2. The third-order valence-electron chi connectivity index (χ3n) is 6.71. The van der Waals surface area contributed by atoms with Gasteiger partial charge in [0.25, 0.3) is 0 Å². The molecule has 0 saturated carbocycles. The Bertz CT molecular complexity index is 1090. The molecule has 0 saturated heterocycles. The predicted molar refractivity (Wildman–Crippen MR) is 115 cm³/mol. The Morgan fingerprint density at radius 1 is 1.00 bits per heavy atom. The van der Waals surface area contributed by atoms with Crippen LogP contribution in [0.1, 0.15) is 39.2 Å². The number of rotatable bonds is 3. The summed E-state index contributed by atoms with van der Waals surface area (Å²) in [6.45, 7) is 7.58. The number of hydrogen-bond acceptors (Lipinski definition) is 4. The lowest BCUT2D eigenvalue weighted by molar-refractivity contribution is 0.0557. The monoisotopic (exact) mass is 371 g/mol. The van der Waals surface area contributed by atoms with Crippen molar-refractivity contribution in [1.82, 2.24) is 4.98 Å². The van der Waals surface area contributed by atoms with Crippen LogP contribution in [0.25, 0.3) is 10.8 Å². The molecule has 142 valence electrons. The lowest BCUT2D eigenvalue weighted by atomic mass is 9.70. The fourth-order valence-corrected chi connectivity index (χ4v) is 5.31. The molecule has 0 amide bonds. The molecule has 1 spiro atoms. The molecule has 2 aliphatic rings. The second kappa shape index (κ2) is 6.06. The van der Waals surface area contributed by atoms with E-state index in [-0.39, 0.29) is 5.41 Å². The molecule has 4 heteroatoms. The summed E-state index contributed by atoms with van der Waals surface area (Å²) in [5.74, 6) is 0.861. The smallest absolute Gasteiger partial charge is 0.229 e. The first-order chi connectivity index (χ1) is 13.7. The number of para-hydroxylation sites is 1. The van der Waals surface area contributed by atoms with Crippen LogP contribution in [-0.4, -0.2) is 23.5 Å². The van der Waals surface area contributed by atoms with E-state index in [4.69, 9.17) is 9.73 Å². The summed E-state index contributed by atoms with van der Waals surface area (Å²) in [5, 5.41) is 2.14. The van der Waals surface area contributed by atoms with Crippen LogP contribution in [-0.2, 0) is 5.41 Å². The average Bonchev–Trinajstić information content (AvgIpc) is 2.98. The van der Waals surface area contributed by atoms with Crippen LogP contribution >= 0.6 is 0 Å². The van der Waals surface area contributed by atoms with Crippen LogP contribution in [0.5, 0.6) is 5.75 Å². The summed E-state index contributed by atoms with van der Waals surface area (Å²) in [5.41, 5.74) is 2.72. The van der Waals surface area contributed by atoms with E-state index < -0.39 is 5.72 Å². The average molecular weight is 371 g/mol. The minimum absolute atomic E-state index is 0.157. The highest BCUT2D eigenvalue weighted by Gasteiger charge is 2.62. The standard InChI is InChI=1S/C24H25N3O/c1-4-23(5-2)19-9-7-8-10-21(19)27(6-3)24(23)16-26-20-12-11-17-15-25-14-13-18(17)22(20)28-24/h7-16H,4-6H2,1-3H3. The quantitative estimate of drug-likeness (QED) is 0.599. The first-order valence-electron chi connectivity index (χ1n) is 10.2. The molecular weight excluding hydrogens is 346 g/mol. The number of ether oxygens (including phenoxy) is 1. The van der Waals surface area contributed by atoms with E-state index >= 15 is 0 Å². The van der Waals surface area contributed by atoms with E-state index in [1.165, 1.54) is 11.3 Å². The van der Waals surface area contributed by atoms with Crippen molar-refractivity contribution in [3.05, 3.63) is 60.4 Å². The molecule has 1 unspecified atom stereocenters. The van der Waals surface area contributed by atoms with Crippen LogP contribution in [0.3, 0.4) is 0 Å². The largest absolute Gasteiger partial charge is 0.459 e. The van der Waals surface area contributed by atoms with Gasteiger partial charge in [-0.3, -0.25) is 9.98 Å². The molecule has 2 aromatic carbocycles. The van der Waals surface area contributed by atoms with Crippen molar-refractivity contribution in [2.24, 2.45) is 4.99 Å². The van der Waals surface area contributed by atoms with Crippen LogP contribution in [0.4, 0.5) is 11.4 Å². The van der Waals surface area contributed by atoms with Crippen molar-refractivity contribution >= 4 is 28.4 Å². The molecule has 0 aliphatic carbocycles. The van der Waals surface area contributed by atoms with Crippen LogP contribution < -0.4 is 9.64 Å². The summed E-state index contributed by atoms with van der Waals surface area (Å²) in [6, 6.07) is 14.9. The van der Waals surface area contributed by atoms with Gasteiger partial charge in [-0.2, -0.15) is 0 Å². The Labute approximate surface area is 165 Å². The van der Waals surface area contributed by atoms with Gasteiger partial charge in [-0.05, 0) is 43.5 Å². The van der Waals surface area contributed by atoms with Gasteiger partial charge in [0.1, 0.15) is 5.69 Å². The number of nitrogens with zero attached hydrogens (tertiary/aromatic N) is 3. The Balaban J connectivity index is 1.79. The van der Waals surface area contributed by atoms with Crippen LogP contribution in [0, 0.1) is 0 Å². The second-order valence-electron chi connectivity index (χ2n) is 7.62. The van der Waals surface area contributed by atoms with Crippen molar-refractivity contribution in [3.8, 4) is 5.75 Å². The highest BCUT2D eigenvalue weighted by Crippen LogP contribution is 2.57. The molecule has 0 radical (unpaired) electrons. The molecular formula is C24H25N3O. The minimum atomic E-state index is -0.626. The second-order valence-corrected chi connectivity index (χ2v) is 7.62. The predicted octanol–water partition coefficient (Wildman–Crippen LogP) is 5.62. The van der Waals surface area contributed by atoms with E-state index in [9.17, 15) is 0 Å². The number of aliphatic imine (C=N–C) groups is 1.